The number of likely N-dealkylation sites (tertiary alicyclic amines) is 1. The lowest BCUT2D eigenvalue weighted by Gasteiger charge is -2.58. The topological polar surface area (TPSA) is 81.8 Å². The number of nitrogens with two attached hydrogens (primary N) is 1. The lowest BCUT2D eigenvalue weighted by atomic mass is 9.57. The van der Waals surface area contributed by atoms with Crippen molar-refractivity contribution in [3.05, 3.63) is 58.7 Å². The minimum absolute atomic E-state index is 0.0866. The van der Waals surface area contributed by atoms with Crippen molar-refractivity contribution in [3.8, 4) is 11.1 Å². The number of nitrogens with zero attached hydrogens (tertiary/aromatic N) is 2. The van der Waals surface area contributed by atoms with E-state index in [1.807, 2.05) is 18.2 Å². The van der Waals surface area contributed by atoms with Crippen LogP contribution in [0.15, 0.2) is 42.6 Å². The molecule has 6 rings (SSSR count). The van der Waals surface area contributed by atoms with Crippen LogP contribution in [0.1, 0.15) is 69.0 Å². The van der Waals surface area contributed by atoms with Gasteiger partial charge in [-0.25, -0.2) is 0 Å². The third-order valence-electron chi connectivity index (χ3n) is 9.80. The number of carbonyl (C=O) groups excluding carboxylic acids is 1. The second-order valence-electron chi connectivity index (χ2n) is 13.0. The van der Waals surface area contributed by atoms with Crippen LogP contribution in [0, 0.1) is 11.3 Å². The summed E-state index contributed by atoms with van der Waals surface area (Å²) < 4.78 is 13.8. The quantitative estimate of drug-likeness (QED) is 0.165. The van der Waals surface area contributed by atoms with Crippen molar-refractivity contribution < 1.29 is 14.3 Å². The van der Waals surface area contributed by atoms with Gasteiger partial charge in [0.1, 0.15) is 4.99 Å². The molecule has 9 heteroatoms. The molecule has 2 aromatic carbocycles. The molecule has 3 fully saturated rings. The van der Waals surface area contributed by atoms with Crippen LogP contribution in [-0.4, -0.2) is 66.4 Å². The minimum atomic E-state index is 0.0866. The van der Waals surface area contributed by atoms with Crippen molar-refractivity contribution in [2.24, 2.45) is 17.1 Å². The SMILES string of the molecule is CCCCCOCCN1CC2(CC(C(=O)NCc3ccc4c(-c5cccc(C(N)=S)c5)cn(C5CCOCC5)c4c3Cl)C2)C1. The van der Waals surface area contributed by atoms with E-state index >= 15 is 0 Å². The van der Waals surface area contributed by atoms with E-state index < -0.39 is 0 Å². The van der Waals surface area contributed by atoms with Gasteiger partial charge in [-0.05, 0) is 54.7 Å². The third kappa shape index (κ3) is 6.70. The monoisotopic (exact) mass is 636 g/mol. The highest BCUT2D eigenvalue weighted by Gasteiger charge is 2.53. The van der Waals surface area contributed by atoms with Gasteiger partial charge in [0.05, 0.1) is 17.1 Å². The van der Waals surface area contributed by atoms with Gasteiger partial charge in [-0.2, -0.15) is 0 Å². The molecule has 236 valence electrons. The fraction of sp³-hybridized carbons (Fsp3) is 0.543. The predicted octanol–water partition coefficient (Wildman–Crippen LogP) is 6.48. The van der Waals surface area contributed by atoms with Gasteiger partial charge in [-0.15, -0.1) is 0 Å². The number of aromatic nitrogens is 1. The number of amides is 1. The molecule has 3 aromatic rings. The molecule has 0 radical (unpaired) electrons. The van der Waals surface area contributed by atoms with Gasteiger partial charge in [0.25, 0.3) is 0 Å². The Balaban J connectivity index is 1.10. The standard InChI is InChI=1S/C35H45ClN4O3S/c1-2-3-4-13-42-16-12-39-22-35(23-39)18-27(19-35)34(41)38-20-26-8-9-29-30(24-6-5-7-25(17-24)33(37)44)21-40(32(29)31(26)36)28-10-14-43-15-11-28/h5-9,17,21,27-28H,2-4,10-16,18-20,22-23H2,1H3,(H2,37,44)(H,38,41). The predicted molar refractivity (Wildman–Crippen MR) is 181 cm³/mol. The summed E-state index contributed by atoms with van der Waals surface area (Å²) in [5.41, 5.74) is 11.2. The fourth-order valence-electron chi connectivity index (χ4n) is 7.37. The molecule has 7 nitrogen and oxygen atoms in total. The number of ether oxygens (including phenoxy) is 2. The Labute approximate surface area is 271 Å². The Morgan fingerprint density at radius 3 is 2.70 bits per heavy atom. The van der Waals surface area contributed by atoms with Crippen LogP contribution < -0.4 is 11.1 Å². The molecule has 2 aliphatic heterocycles. The Bertz CT molecular complexity index is 1490. The van der Waals surface area contributed by atoms with E-state index in [-0.39, 0.29) is 11.8 Å². The number of hydrogen-bond acceptors (Lipinski definition) is 5. The van der Waals surface area contributed by atoms with Gasteiger partial charge in [-0.3, -0.25) is 9.69 Å². The summed E-state index contributed by atoms with van der Waals surface area (Å²) in [6.45, 7) is 8.94. The number of thiocarbonyl (C=S) groups is 1. The highest BCUT2D eigenvalue weighted by atomic mass is 35.5. The number of hydrogen-bond donors (Lipinski definition) is 2. The van der Waals surface area contributed by atoms with Crippen LogP contribution in [0.4, 0.5) is 0 Å². The van der Waals surface area contributed by atoms with Gasteiger partial charge in [0, 0.05) is 80.7 Å². The van der Waals surface area contributed by atoms with E-state index in [4.69, 9.17) is 39.0 Å². The maximum Gasteiger partial charge on any atom is 0.223 e. The van der Waals surface area contributed by atoms with Crippen molar-refractivity contribution in [1.82, 2.24) is 14.8 Å². The summed E-state index contributed by atoms with van der Waals surface area (Å²) in [4.78, 5) is 16.0. The van der Waals surface area contributed by atoms with Crippen LogP contribution in [0.2, 0.25) is 5.02 Å². The van der Waals surface area contributed by atoms with Crippen LogP contribution in [0.3, 0.4) is 0 Å². The number of unbranched alkanes of at least 4 members (excludes halogenated alkanes) is 2. The minimum Gasteiger partial charge on any atom is -0.389 e. The molecular weight excluding hydrogens is 592 g/mol. The number of benzene rings is 2. The van der Waals surface area contributed by atoms with Gasteiger partial charge < -0.3 is 25.1 Å². The highest BCUT2D eigenvalue weighted by molar-refractivity contribution is 7.80. The molecule has 0 bridgehead atoms. The van der Waals surface area contributed by atoms with Gasteiger partial charge in [-0.1, -0.05) is 73.9 Å². The second kappa shape index (κ2) is 13.9. The maximum atomic E-state index is 13.1. The molecule has 0 atom stereocenters. The molecule has 1 saturated carbocycles. The Morgan fingerprint density at radius 2 is 1.95 bits per heavy atom. The van der Waals surface area contributed by atoms with E-state index in [2.05, 4.69) is 46.1 Å². The molecular formula is C35H45ClN4O3S. The first kappa shape index (κ1) is 31.5. The Hall–Kier alpha value is -2.49. The first-order chi connectivity index (χ1) is 21.4. The van der Waals surface area contributed by atoms with Crippen LogP contribution in [-0.2, 0) is 20.8 Å². The largest absolute Gasteiger partial charge is 0.389 e. The van der Waals surface area contributed by atoms with Crippen molar-refractivity contribution in [2.45, 2.75) is 64.5 Å². The number of nitrogens with one attached hydrogen (secondary N) is 1. The lowest BCUT2D eigenvalue weighted by Crippen LogP contribution is -2.64. The highest BCUT2D eigenvalue weighted by Crippen LogP contribution is 2.52. The third-order valence-corrected chi connectivity index (χ3v) is 10.5. The van der Waals surface area contributed by atoms with Gasteiger partial charge in [0.15, 0.2) is 0 Å². The molecule has 3 aliphatic rings. The Kier molecular flexibility index (Phi) is 9.93. The first-order valence-electron chi connectivity index (χ1n) is 16.3. The van der Waals surface area contributed by atoms with Crippen LogP contribution in [0.5, 0.6) is 0 Å². The van der Waals surface area contributed by atoms with Crippen molar-refractivity contribution in [1.29, 1.82) is 0 Å². The summed E-state index contributed by atoms with van der Waals surface area (Å²) in [6.07, 6.45) is 9.63. The Morgan fingerprint density at radius 1 is 1.16 bits per heavy atom. The number of halogens is 1. The average molecular weight is 637 g/mol. The smallest absolute Gasteiger partial charge is 0.223 e. The van der Waals surface area contributed by atoms with Gasteiger partial charge >= 0.3 is 0 Å². The summed E-state index contributed by atoms with van der Waals surface area (Å²) in [5, 5.41) is 4.98. The molecule has 44 heavy (non-hydrogen) atoms. The number of fused-ring (bicyclic) bond motifs is 1. The molecule has 1 spiro atoms. The zero-order valence-electron chi connectivity index (χ0n) is 25.8. The van der Waals surface area contributed by atoms with Crippen LogP contribution in [0.25, 0.3) is 22.0 Å². The van der Waals surface area contributed by atoms with Crippen LogP contribution >= 0.6 is 23.8 Å². The van der Waals surface area contributed by atoms with E-state index in [1.54, 1.807) is 0 Å². The summed E-state index contributed by atoms with van der Waals surface area (Å²) in [7, 11) is 0. The summed E-state index contributed by atoms with van der Waals surface area (Å²) in [6, 6.07) is 12.5. The molecule has 0 unspecified atom stereocenters. The normalized spacial score (nSPS) is 18.8. The zero-order valence-corrected chi connectivity index (χ0v) is 27.4. The van der Waals surface area contributed by atoms with Gasteiger partial charge in [0.2, 0.25) is 5.91 Å². The van der Waals surface area contributed by atoms with Crippen molar-refractivity contribution >= 4 is 45.6 Å². The van der Waals surface area contributed by atoms with E-state index in [0.29, 0.717) is 28.0 Å². The van der Waals surface area contributed by atoms with E-state index in [9.17, 15) is 4.79 Å². The molecule has 2 saturated heterocycles. The second-order valence-corrected chi connectivity index (χ2v) is 13.8. The number of rotatable bonds is 13. The van der Waals surface area contributed by atoms with E-state index in [1.165, 1.54) is 12.8 Å². The average Bonchev–Trinajstić information content (AvgIpc) is 3.39. The molecule has 1 amide bonds. The zero-order chi connectivity index (χ0) is 30.7. The first-order valence-corrected chi connectivity index (χ1v) is 17.0. The van der Waals surface area contributed by atoms with Crippen molar-refractivity contribution in [2.75, 3.05) is 46.1 Å². The lowest BCUT2D eigenvalue weighted by molar-refractivity contribution is -0.145. The van der Waals surface area contributed by atoms with Crippen molar-refractivity contribution in [3.63, 3.8) is 0 Å². The molecule has 3 heterocycles. The fourth-order valence-corrected chi connectivity index (χ4v) is 7.83. The molecule has 1 aliphatic carbocycles. The maximum absolute atomic E-state index is 13.1. The molecule has 1 aromatic heterocycles. The summed E-state index contributed by atoms with van der Waals surface area (Å²) >= 11 is 12.4. The molecule has 3 N–H and O–H groups in total. The van der Waals surface area contributed by atoms with E-state index in [0.717, 1.165) is 111 Å². The number of carbonyl (C=O) groups is 1. The summed E-state index contributed by atoms with van der Waals surface area (Å²) in [5.74, 6) is 0.225.